The molecule has 1 aliphatic carbocycles. The lowest BCUT2D eigenvalue weighted by molar-refractivity contribution is -0.136. The van der Waals surface area contributed by atoms with E-state index in [9.17, 15) is 19.2 Å². The predicted molar refractivity (Wildman–Crippen MR) is 116 cm³/mol. The summed E-state index contributed by atoms with van der Waals surface area (Å²) in [5.74, 6) is -1.06. The van der Waals surface area contributed by atoms with E-state index in [1.54, 1.807) is 12.3 Å². The smallest absolute Gasteiger partial charge is 0.256 e. The molecule has 1 saturated carbocycles. The number of hydrogen-bond acceptors (Lipinski definition) is 5. The lowest BCUT2D eigenvalue weighted by Crippen LogP contribution is -2.52. The summed E-state index contributed by atoms with van der Waals surface area (Å²) in [6, 6.07) is 1.22. The van der Waals surface area contributed by atoms with Crippen molar-refractivity contribution in [2.75, 3.05) is 13.1 Å². The molecule has 0 unspecified atom stereocenters. The minimum absolute atomic E-state index is 0. The molecule has 0 radical (unpaired) electrons. The standard InChI is InChI=1S/C22H28N4O4.ClH/c27-18-2-1-17(19(28)24-18)26-13-16-15(20(26)29)5-12-25(21(16)30)14-3-6-22(7-4-14)8-10-23-11-9-22;/h5,12,14,17,23H,1-4,6-11,13H2,(H,24,27,28);1H/t17-;/m0./s1. The quantitative estimate of drug-likeness (QED) is 0.668. The van der Waals surface area contributed by atoms with Crippen molar-refractivity contribution < 1.29 is 14.4 Å². The van der Waals surface area contributed by atoms with Gasteiger partial charge in [-0.2, -0.15) is 0 Å². The van der Waals surface area contributed by atoms with Crippen LogP contribution in [-0.4, -0.2) is 46.3 Å². The fourth-order valence-electron chi connectivity index (χ4n) is 5.81. The number of fused-ring (bicyclic) bond motifs is 1. The number of nitrogens with one attached hydrogen (secondary N) is 2. The fraction of sp³-hybridized carbons (Fsp3) is 0.636. The number of nitrogens with zero attached hydrogens (tertiary/aromatic N) is 2. The normalized spacial score (nSPS) is 25.9. The molecule has 3 amide bonds. The number of amides is 3. The molecule has 5 rings (SSSR count). The molecule has 1 aromatic heterocycles. The summed E-state index contributed by atoms with van der Waals surface area (Å²) >= 11 is 0. The molecule has 1 atom stereocenters. The van der Waals surface area contributed by atoms with Crippen molar-refractivity contribution in [2.24, 2.45) is 5.41 Å². The number of carbonyl (C=O) groups is 3. The molecule has 168 valence electrons. The van der Waals surface area contributed by atoms with E-state index >= 15 is 0 Å². The van der Waals surface area contributed by atoms with Crippen LogP contribution in [0.4, 0.5) is 0 Å². The van der Waals surface area contributed by atoms with Gasteiger partial charge in [-0.1, -0.05) is 0 Å². The Morgan fingerprint density at radius 2 is 1.68 bits per heavy atom. The molecule has 9 heteroatoms. The van der Waals surface area contributed by atoms with E-state index in [-0.39, 0.29) is 48.8 Å². The minimum Gasteiger partial charge on any atom is -0.322 e. The van der Waals surface area contributed by atoms with Crippen molar-refractivity contribution in [3.63, 3.8) is 0 Å². The first-order valence-electron chi connectivity index (χ1n) is 11.1. The Bertz CT molecular complexity index is 959. The van der Waals surface area contributed by atoms with Crippen LogP contribution in [0.15, 0.2) is 17.1 Å². The molecule has 1 spiro atoms. The Balaban J connectivity index is 0.00000231. The van der Waals surface area contributed by atoms with E-state index in [4.69, 9.17) is 0 Å². The van der Waals surface area contributed by atoms with E-state index < -0.39 is 11.9 Å². The lowest BCUT2D eigenvalue weighted by Gasteiger charge is -2.43. The summed E-state index contributed by atoms with van der Waals surface area (Å²) in [6.45, 7) is 2.31. The van der Waals surface area contributed by atoms with Crippen LogP contribution in [0.25, 0.3) is 0 Å². The van der Waals surface area contributed by atoms with Gasteiger partial charge in [0, 0.05) is 24.2 Å². The Kier molecular flexibility index (Phi) is 5.96. The SMILES string of the molecule is Cl.O=C1CC[C@H](N2Cc3c(ccn(C4CCC5(CCNCC5)CC4)c3=O)C2=O)C(=O)N1. The number of aromatic nitrogens is 1. The Morgan fingerprint density at radius 1 is 0.968 bits per heavy atom. The molecule has 0 bridgehead atoms. The van der Waals surface area contributed by atoms with E-state index in [2.05, 4.69) is 10.6 Å². The monoisotopic (exact) mass is 448 g/mol. The van der Waals surface area contributed by atoms with Crippen molar-refractivity contribution >= 4 is 30.1 Å². The van der Waals surface area contributed by atoms with Crippen LogP contribution >= 0.6 is 12.4 Å². The van der Waals surface area contributed by atoms with Crippen LogP contribution in [0.1, 0.15) is 73.3 Å². The summed E-state index contributed by atoms with van der Waals surface area (Å²) in [4.78, 5) is 51.2. The van der Waals surface area contributed by atoms with Gasteiger partial charge >= 0.3 is 0 Å². The van der Waals surface area contributed by atoms with Crippen molar-refractivity contribution in [3.05, 3.63) is 33.7 Å². The third kappa shape index (κ3) is 3.80. The maximum atomic E-state index is 13.3. The van der Waals surface area contributed by atoms with Crippen LogP contribution in [0.2, 0.25) is 0 Å². The Morgan fingerprint density at radius 3 is 2.35 bits per heavy atom. The highest BCUT2D eigenvalue weighted by atomic mass is 35.5. The summed E-state index contributed by atoms with van der Waals surface area (Å²) in [7, 11) is 0. The number of piperidine rings is 2. The number of rotatable bonds is 2. The Labute approximate surface area is 187 Å². The molecule has 2 N–H and O–H groups in total. The van der Waals surface area contributed by atoms with E-state index in [1.165, 1.54) is 17.7 Å². The third-order valence-corrected chi connectivity index (χ3v) is 7.70. The van der Waals surface area contributed by atoms with Crippen LogP contribution in [0.5, 0.6) is 0 Å². The molecular weight excluding hydrogens is 420 g/mol. The molecule has 3 aliphatic heterocycles. The number of pyridine rings is 1. The second-order valence-corrected chi connectivity index (χ2v) is 9.30. The molecule has 2 saturated heterocycles. The van der Waals surface area contributed by atoms with Gasteiger partial charge in [0.05, 0.1) is 12.1 Å². The van der Waals surface area contributed by atoms with Crippen molar-refractivity contribution in [2.45, 2.75) is 70.0 Å². The second-order valence-electron chi connectivity index (χ2n) is 9.30. The highest BCUT2D eigenvalue weighted by molar-refractivity contribution is 6.05. The van der Waals surface area contributed by atoms with E-state index in [1.807, 2.05) is 4.57 Å². The van der Waals surface area contributed by atoms with Crippen molar-refractivity contribution in [3.8, 4) is 0 Å². The molecule has 31 heavy (non-hydrogen) atoms. The Hall–Kier alpha value is -2.19. The molecule has 4 aliphatic rings. The molecule has 4 heterocycles. The van der Waals surface area contributed by atoms with Gasteiger partial charge in [0.1, 0.15) is 6.04 Å². The number of carbonyl (C=O) groups excluding carboxylic acids is 3. The number of imide groups is 1. The topological polar surface area (TPSA) is 101 Å². The summed E-state index contributed by atoms with van der Waals surface area (Å²) < 4.78 is 1.81. The lowest BCUT2D eigenvalue weighted by atomic mass is 9.67. The van der Waals surface area contributed by atoms with Gasteiger partial charge in [-0.3, -0.25) is 24.5 Å². The zero-order chi connectivity index (χ0) is 20.9. The van der Waals surface area contributed by atoms with E-state index in [0.717, 1.165) is 38.8 Å². The zero-order valence-corrected chi connectivity index (χ0v) is 18.3. The maximum Gasteiger partial charge on any atom is 0.256 e. The van der Waals surface area contributed by atoms with Gasteiger partial charge in [-0.05, 0) is 69.5 Å². The van der Waals surface area contributed by atoms with Gasteiger partial charge in [0.15, 0.2) is 0 Å². The summed E-state index contributed by atoms with van der Waals surface area (Å²) in [5, 5.41) is 5.74. The first-order chi connectivity index (χ1) is 14.5. The summed E-state index contributed by atoms with van der Waals surface area (Å²) in [5.41, 5.74) is 1.20. The van der Waals surface area contributed by atoms with Crippen molar-refractivity contribution in [1.29, 1.82) is 0 Å². The van der Waals surface area contributed by atoms with Gasteiger partial charge in [0.2, 0.25) is 11.8 Å². The largest absolute Gasteiger partial charge is 0.322 e. The molecule has 3 fully saturated rings. The fourth-order valence-corrected chi connectivity index (χ4v) is 5.81. The first-order valence-corrected chi connectivity index (χ1v) is 11.1. The zero-order valence-electron chi connectivity index (χ0n) is 17.5. The van der Waals surface area contributed by atoms with Crippen molar-refractivity contribution in [1.82, 2.24) is 20.1 Å². The number of hydrogen-bond donors (Lipinski definition) is 2. The maximum absolute atomic E-state index is 13.3. The van der Waals surface area contributed by atoms with Gasteiger partial charge in [-0.25, -0.2) is 0 Å². The molecule has 0 aromatic carbocycles. The van der Waals surface area contributed by atoms with Crippen LogP contribution in [0.3, 0.4) is 0 Å². The number of halogens is 1. The average Bonchev–Trinajstić information content (AvgIpc) is 3.07. The van der Waals surface area contributed by atoms with Crippen LogP contribution in [0, 0.1) is 5.41 Å². The van der Waals surface area contributed by atoms with Gasteiger partial charge in [0.25, 0.3) is 11.5 Å². The molecule has 8 nitrogen and oxygen atoms in total. The van der Waals surface area contributed by atoms with Gasteiger partial charge < -0.3 is 14.8 Å². The first kappa shape index (κ1) is 22.0. The molecule has 1 aromatic rings. The third-order valence-electron chi connectivity index (χ3n) is 7.70. The van der Waals surface area contributed by atoms with Gasteiger partial charge in [-0.15, -0.1) is 12.4 Å². The second kappa shape index (κ2) is 8.39. The van der Waals surface area contributed by atoms with Crippen LogP contribution in [-0.2, 0) is 16.1 Å². The highest BCUT2D eigenvalue weighted by Gasteiger charge is 2.41. The van der Waals surface area contributed by atoms with Crippen LogP contribution < -0.4 is 16.2 Å². The predicted octanol–water partition coefficient (Wildman–Crippen LogP) is 1.52. The van der Waals surface area contributed by atoms with E-state index in [0.29, 0.717) is 23.0 Å². The average molecular weight is 449 g/mol. The highest BCUT2D eigenvalue weighted by Crippen LogP contribution is 2.46. The minimum atomic E-state index is -0.690. The molecular formula is C22H29ClN4O4. The summed E-state index contributed by atoms with van der Waals surface area (Å²) in [6.07, 6.45) is 8.97.